The molecular weight excluding hydrogens is 414 g/mol. The highest BCUT2D eigenvalue weighted by atomic mass is 16.5. The maximum absolute atomic E-state index is 12.0. The minimum absolute atomic E-state index is 0.382. The lowest BCUT2D eigenvalue weighted by molar-refractivity contribution is -0.142. The summed E-state index contributed by atoms with van der Waals surface area (Å²) < 4.78 is 5.33. The number of para-hydroxylation sites is 1. The van der Waals surface area contributed by atoms with Crippen LogP contribution in [0.2, 0.25) is 0 Å². The highest BCUT2D eigenvalue weighted by Gasteiger charge is 2.47. The molecule has 4 aromatic rings. The van der Waals surface area contributed by atoms with Crippen LogP contribution in [0.25, 0.3) is 32.9 Å². The molecule has 5 rings (SSSR count). The SMILES string of the molecule is C[C@@H](CC1(C[C@H](C)C(=O)O)c2cc3ccccc3cc2-c2nc3ccccc3cc21)OC=O. The van der Waals surface area contributed by atoms with E-state index in [0.29, 0.717) is 19.3 Å². The number of hydrogen-bond donors (Lipinski definition) is 1. The number of carboxylic acid groups (broad SMARTS) is 1. The fourth-order valence-electron chi connectivity index (χ4n) is 5.43. The zero-order valence-corrected chi connectivity index (χ0v) is 18.6. The van der Waals surface area contributed by atoms with Gasteiger partial charge < -0.3 is 9.84 Å². The molecule has 0 amide bonds. The second-order valence-electron chi connectivity index (χ2n) is 9.09. The standard InChI is InChI=1S/C28H25NO4/c1-17(27(31)32)14-28(15-18(2)33-16-30)23-12-20-8-4-3-7-19(20)11-22(23)26-24(28)13-21-9-5-6-10-25(21)29-26/h3-13,16-18H,14-15H2,1-2H3,(H,31,32)/t17-,18-,28?/m0/s1. The average molecular weight is 440 g/mol. The van der Waals surface area contributed by atoms with Gasteiger partial charge in [-0.05, 0) is 65.9 Å². The Morgan fingerprint density at radius 2 is 1.61 bits per heavy atom. The molecule has 0 aliphatic heterocycles. The van der Waals surface area contributed by atoms with Gasteiger partial charge in [0.25, 0.3) is 6.47 Å². The van der Waals surface area contributed by atoms with Crippen LogP contribution in [0.15, 0.2) is 66.7 Å². The third-order valence-corrected chi connectivity index (χ3v) is 6.90. The largest absolute Gasteiger partial charge is 0.481 e. The number of carbonyl (C=O) groups excluding carboxylic acids is 1. The predicted molar refractivity (Wildman–Crippen MR) is 128 cm³/mol. The summed E-state index contributed by atoms with van der Waals surface area (Å²) in [7, 11) is 0. The van der Waals surface area contributed by atoms with E-state index in [9.17, 15) is 14.7 Å². The Balaban J connectivity index is 1.85. The number of carboxylic acids is 1. The predicted octanol–water partition coefficient (Wildman–Crippen LogP) is 5.72. The van der Waals surface area contributed by atoms with Crippen LogP contribution < -0.4 is 0 Å². The lowest BCUT2D eigenvalue weighted by Gasteiger charge is -2.35. The maximum atomic E-state index is 12.0. The van der Waals surface area contributed by atoms with Gasteiger partial charge in [-0.3, -0.25) is 9.59 Å². The molecule has 1 aliphatic rings. The van der Waals surface area contributed by atoms with Crippen LogP contribution in [-0.2, 0) is 19.7 Å². The van der Waals surface area contributed by atoms with Crippen LogP contribution in [0.5, 0.6) is 0 Å². The molecule has 0 bridgehead atoms. The van der Waals surface area contributed by atoms with Crippen LogP contribution in [0, 0.1) is 5.92 Å². The first-order valence-corrected chi connectivity index (χ1v) is 11.2. The fourth-order valence-corrected chi connectivity index (χ4v) is 5.43. The molecule has 1 aromatic heterocycles. The minimum atomic E-state index is -0.845. The van der Waals surface area contributed by atoms with Crippen molar-refractivity contribution in [1.82, 2.24) is 4.98 Å². The molecule has 5 heteroatoms. The van der Waals surface area contributed by atoms with Gasteiger partial charge in [0.15, 0.2) is 0 Å². The Labute approximate surface area is 192 Å². The summed E-state index contributed by atoms with van der Waals surface area (Å²) >= 11 is 0. The number of ether oxygens (including phenoxy) is 1. The van der Waals surface area contributed by atoms with Crippen molar-refractivity contribution >= 4 is 34.1 Å². The highest BCUT2D eigenvalue weighted by Crippen LogP contribution is 2.55. The second-order valence-corrected chi connectivity index (χ2v) is 9.09. The minimum Gasteiger partial charge on any atom is -0.481 e. The smallest absolute Gasteiger partial charge is 0.306 e. The molecule has 0 fully saturated rings. The quantitative estimate of drug-likeness (QED) is 0.373. The lowest BCUT2D eigenvalue weighted by Crippen LogP contribution is -2.34. The van der Waals surface area contributed by atoms with Crippen LogP contribution in [0.3, 0.4) is 0 Å². The van der Waals surface area contributed by atoms with Gasteiger partial charge in [-0.2, -0.15) is 0 Å². The Kier molecular flexibility index (Phi) is 5.12. The van der Waals surface area contributed by atoms with Crippen molar-refractivity contribution in [2.75, 3.05) is 0 Å². The van der Waals surface area contributed by atoms with Gasteiger partial charge in [-0.1, -0.05) is 49.4 Å². The zero-order valence-electron chi connectivity index (χ0n) is 18.6. The van der Waals surface area contributed by atoms with Gasteiger partial charge in [0.2, 0.25) is 0 Å². The lowest BCUT2D eigenvalue weighted by atomic mass is 9.68. The fraction of sp³-hybridized carbons (Fsp3) is 0.250. The summed E-state index contributed by atoms with van der Waals surface area (Å²) in [6, 6.07) is 22.6. The first kappa shape index (κ1) is 21.1. The molecule has 0 saturated heterocycles. The Hall–Kier alpha value is -3.73. The van der Waals surface area contributed by atoms with E-state index in [1.54, 1.807) is 6.92 Å². The van der Waals surface area contributed by atoms with Crippen molar-refractivity contribution in [3.8, 4) is 11.3 Å². The number of benzene rings is 3. The number of rotatable bonds is 7. The van der Waals surface area contributed by atoms with Gasteiger partial charge in [0.1, 0.15) is 0 Å². The van der Waals surface area contributed by atoms with E-state index >= 15 is 0 Å². The number of pyridine rings is 1. The summed E-state index contributed by atoms with van der Waals surface area (Å²) in [6.07, 6.45) is 0.467. The van der Waals surface area contributed by atoms with Crippen molar-refractivity contribution < 1.29 is 19.4 Å². The number of aromatic nitrogens is 1. The maximum Gasteiger partial charge on any atom is 0.306 e. The van der Waals surface area contributed by atoms with Gasteiger partial charge in [0, 0.05) is 16.4 Å². The van der Waals surface area contributed by atoms with E-state index in [4.69, 9.17) is 9.72 Å². The van der Waals surface area contributed by atoms with Gasteiger partial charge >= 0.3 is 5.97 Å². The summed E-state index contributed by atoms with van der Waals surface area (Å²) in [5.41, 5.74) is 4.20. The average Bonchev–Trinajstić information content (AvgIpc) is 3.04. The van der Waals surface area contributed by atoms with Crippen LogP contribution in [0.1, 0.15) is 37.8 Å². The number of fused-ring (bicyclic) bond motifs is 5. The van der Waals surface area contributed by atoms with E-state index in [1.165, 1.54) is 0 Å². The first-order valence-electron chi connectivity index (χ1n) is 11.2. The van der Waals surface area contributed by atoms with Crippen LogP contribution in [-0.4, -0.2) is 28.6 Å². The molecule has 0 saturated carbocycles. The van der Waals surface area contributed by atoms with Crippen LogP contribution in [0.4, 0.5) is 0 Å². The molecule has 166 valence electrons. The summed E-state index contributed by atoms with van der Waals surface area (Å²) in [5.74, 6) is -1.44. The van der Waals surface area contributed by atoms with Crippen molar-refractivity contribution in [2.24, 2.45) is 5.92 Å². The van der Waals surface area contributed by atoms with Crippen molar-refractivity contribution in [2.45, 2.75) is 38.2 Å². The number of carbonyl (C=O) groups is 2. The van der Waals surface area contributed by atoms with Gasteiger partial charge in [-0.25, -0.2) is 4.98 Å². The molecule has 1 N–H and O–H groups in total. The molecule has 1 aliphatic carbocycles. The third kappa shape index (κ3) is 3.44. The zero-order chi connectivity index (χ0) is 23.2. The number of hydrogen-bond acceptors (Lipinski definition) is 4. The van der Waals surface area contributed by atoms with Crippen molar-refractivity contribution in [3.63, 3.8) is 0 Å². The Morgan fingerprint density at radius 3 is 2.30 bits per heavy atom. The molecule has 1 heterocycles. The van der Waals surface area contributed by atoms with E-state index in [2.05, 4.69) is 30.3 Å². The van der Waals surface area contributed by atoms with Crippen LogP contribution >= 0.6 is 0 Å². The number of aliphatic carboxylic acids is 1. The molecule has 0 radical (unpaired) electrons. The normalized spacial score (nSPS) is 18.5. The van der Waals surface area contributed by atoms with Crippen molar-refractivity contribution in [3.05, 3.63) is 77.9 Å². The summed E-state index contributed by atoms with van der Waals surface area (Å²) in [6.45, 7) is 4.06. The highest BCUT2D eigenvalue weighted by molar-refractivity contribution is 5.95. The molecule has 0 spiro atoms. The topological polar surface area (TPSA) is 76.5 Å². The molecule has 1 unspecified atom stereocenters. The molecular formula is C28H25NO4. The molecule has 33 heavy (non-hydrogen) atoms. The van der Waals surface area contributed by atoms with Crippen molar-refractivity contribution in [1.29, 1.82) is 0 Å². The number of nitrogens with zero attached hydrogens (tertiary/aromatic N) is 1. The Bertz CT molecular complexity index is 1310. The van der Waals surface area contributed by atoms with E-state index in [1.807, 2.05) is 43.3 Å². The van der Waals surface area contributed by atoms with Gasteiger partial charge in [-0.15, -0.1) is 0 Å². The Morgan fingerprint density at radius 1 is 0.970 bits per heavy atom. The third-order valence-electron chi connectivity index (χ3n) is 6.90. The monoisotopic (exact) mass is 439 g/mol. The first-order chi connectivity index (χ1) is 15.9. The van der Waals surface area contributed by atoms with Gasteiger partial charge in [0.05, 0.1) is 23.2 Å². The molecule has 3 aromatic carbocycles. The van der Waals surface area contributed by atoms with E-state index in [0.717, 1.165) is 44.1 Å². The summed E-state index contributed by atoms with van der Waals surface area (Å²) in [4.78, 5) is 28.2. The van der Waals surface area contributed by atoms with E-state index in [-0.39, 0.29) is 6.10 Å². The molecule has 3 atom stereocenters. The molecule has 5 nitrogen and oxygen atoms in total. The summed E-state index contributed by atoms with van der Waals surface area (Å²) in [5, 5.41) is 13.0. The second kappa shape index (κ2) is 8.00. The van der Waals surface area contributed by atoms with E-state index < -0.39 is 17.3 Å².